The minimum Gasteiger partial charge on any atom is -0.422 e. The van der Waals surface area contributed by atoms with Gasteiger partial charge in [-0.05, 0) is 19.1 Å². The number of aryl methyl sites for hydroxylation is 1. The van der Waals surface area contributed by atoms with E-state index in [0.717, 1.165) is 5.56 Å². The first-order valence-electron chi connectivity index (χ1n) is 5.43. The van der Waals surface area contributed by atoms with Gasteiger partial charge in [-0.25, -0.2) is 9.24 Å². The highest BCUT2D eigenvalue weighted by molar-refractivity contribution is 7.83. The number of hydrogen-bond donors (Lipinski definition) is 0. The Labute approximate surface area is 122 Å². The SMILES string of the molecule is Cc1ccc(OP(=O)(Cl)N(CCCl)CCCl)cc1. The molecule has 0 bridgehead atoms. The van der Waals surface area contributed by atoms with E-state index in [2.05, 4.69) is 0 Å². The maximum atomic E-state index is 12.3. The first-order valence-corrected chi connectivity index (χ1v) is 8.98. The summed E-state index contributed by atoms with van der Waals surface area (Å²) >= 11 is 17.3. The Hall–Kier alpha value is 0.0800. The highest BCUT2D eigenvalue weighted by Crippen LogP contribution is 2.55. The van der Waals surface area contributed by atoms with Crippen molar-refractivity contribution >= 4 is 41.3 Å². The predicted octanol–water partition coefficient (Wildman–Crippen LogP) is 4.50. The number of halogens is 3. The Morgan fingerprint density at radius 3 is 2.11 bits per heavy atom. The molecule has 0 amide bonds. The molecule has 0 aromatic heterocycles. The molecular weight excluding hydrogens is 315 g/mol. The zero-order valence-electron chi connectivity index (χ0n) is 9.98. The molecule has 0 heterocycles. The molecule has 0 aliphatic rings. The molecule has 3 nitrogen and oxygen atoms in total. The van der Waals surface area contributed by atoms with Gasteiger partial charge in [-0.15, -0.1) is 23.2 Å². The van der Waals surface area contributed by atoms with Crippen molar-refractivity contribution in [3.63, 3.8) is 0 Å². The number of rotatable bonds is 7. The van der Waals surface area contributed by atoms with Gasteiger partial charge in [0.15, 0.2) is 0 Å². The van der Waals surface area contributed by atoms with Crippen LogP contribution in [0, 0.1) is 6.92 Å². The molecule has 0 N–H and O–H groups in total. The lowest BCUT2D eigenvalue weighted by Gasteiger charge is -2.25. The second-order valence-corrected chi connectivity index (χ2v) is 7.38. The molecule has 0 fully saturated rings. The smallest absolute Gasteiger partial charge is 0.411 e. The van der Waals surface area contributed by atoms with Crippen LogP contribution in [0.25, 0.3) is 0 Å². The van der Waals surface area contributed by atoms with Crippen molar-refractivity contribution < 1.29 is 9.09 Å². The van der Waals surface area contributed by atoms with Gasteiger partial charge in [0.05, 0.1) is 0 Å². The molecule has 1 rings (SSSR count). The highest BCUT2D eigenvalue weighted by atomic mass is 35.7. The Kier molecular flexibility index (Phi) is 6.83. The summed E-state index contributed by atoms with van der Waals surface area (Å²) in [6.45, 7) is -0.756. The van der Waals surface area contributed by atoms with Crippen LogP contribution in [0.2, 0.25) is 0 Å². The van der Waals surface area contributed by atoms with Gasteiger partial charge in [-0.1, -0.05) is 17.7 Å². The van der Waals surface area contributed by atoms with Crippen LogP contribution in [0.5, 0.6) is 5.75 Å². The van der Waals surface area contributed by atoms with Gasteiger partial charge in [0.1, 0.15) is 5.75 Å². The van der Waals surface area contributed by atoms with Crippen LogP contribution >= 0.6 is 41.3 Å². The fourth-order valence-electron chi connectivity index (χ4n) is 1.33. The Morgan fingerprint density at radius 1 is 1.17 bits per heavy atom. The summed E-state index contributed by atoms with van der Waals surface area (Å²) in [6.07, 6.45) is 0. The van der Waals surface area contributed by atoms with Gasteiger partial charge < -0.3 is 4.52 Å². The van der Waals surface area contributed by atoms with E-state index >= 15 is 0 Å². The minimum absolute atomic E-state index is 0.310. The summed E-state index contributed by atoms with van der Waals surface area (Å²) < 4.78 is 19.1. The molecule has 102 valence electrons. The normalized spacial score (nSPS) is 14.5. The maximum Gasteiger partial charge on any atom is 0.411 e. The van der Waals surface area contributed by atoms with E-state index in [-0.39, 0.29) is 0 Å². The van der Waals surface area contributed by atoms with Crippen molar-refractivity contribution in [1.82, 2.24) is 4.67 Å². The quantitative estimate of drug-likeness (QED) is 0.544. The summed E-state index contributed by atoms with van der Waals surface area (Å²) in [6, 6.07) is 7.17. The molecule has 18 heavy (non-hydrogen) atoms. The van der Waals surface area contributed by atoms with E-state index in [9.17, 15) is 4.57 Å². The van der Waals surface area contributed by atoms with Crippen LogP contribution < -0.4 is 4.52 Å². The second-order valence-electron chi connectivity index (χ2n) is 3.69. The Morgan fingerprint density at radius 2 is 1.67 bits per heavy atom. The highest BCUT2D eigenvalue weighted by Gasteiger charge is 2.30. The summed E-state index contributed by atoms with van der Waals surface area (Å²) in [7, 11) is 0. The molecule has 1 unspecified atom stereocenters. The number of nitrogens with zero attached hydrogens (tertiary/aromatic N) is 1. The lowest BCUT2D eigenvalue weighted by molar-refractivity contribution is 0.389. The Balaban J connectivity index is 2.77. The molecule has 1 atom stereocenters. The van der Waals surface area contributed by atoms with Gasteiger partial charge in [-0.2, -0.15) is 0 Å². The van der Waals surface area contributed by atoms with E-state index < -0.39 is 6.87 Å². The predicted molar refractivity (Wildman–Crippen MR) is 78.3 cm³/mol. The third-order valence-corrected chi connectivity index (χ3v) is 4.96. The average molecular weight is 331 g/mol. The van der Waals surface area contributed by atoms with Gasteiger partial charge in [0, 0.05) is 36.1 Å². The first kappa shape index (κ1) is 16.1. The molecule has 1 aromatic rings. The van der Waals surface area contributed by atoms with Crippen LogP contribution in [-0.2, 0) is 4.57 Å². The molecule has 7 heteroatoms. The molecule has 0 saturated heterocycles. The number of benzene rings is 1. The third kappa shape index (κ3) is 4.99. The van der Waals surface area contributed by atoms with Crippen molar-refractivity contribution in [2.75, 3.05) is 24.8 Å². The van der Waals surface area contributed by atoms with Crippen LogP contribution in [0.3, 0.4) is 0 Å². The van der Waals surface area contributed by atoms with Crippen molar-refractivity contribution in [3.8, 4) is 5.75 Å². The van der Waals surface area contributed by atoms with Crippen LogP contribution in [0.4, 0.5) is 0 Å². The van der Waals surface area contributed by atoms with E-state index in [1.165, 1.54) is 4.67 Å². The lowest BCUT2D eigenvalue weighted by atomic mass is 10.2. The third-order valence-electron chi connectivity index (χ3n) is 2.26. The topological polar surface area (TPSA) is 29.5 Å². The minimum atomic E-state index is -3.44. The van der Waals surface area contributed by atoms with Gasteiger partial charge >= 0.3 is 6.87 Å². The summed E-state index contributed by atoms with van der Waals surface area (Å²) in [5.41, 5.74) is 1.09. The fraction of sp³-hybridized carbons (Fsp3) is 0.455. The molecular formula is C11H15Cl3NO2P. The molecule has 0 aliphatic heterocycles. The van der Waals surface area contributed by atoms with Crippen LogP contribution in [-0.4, -0.2) is 29.5 Å². The number of alkyl halides is 2. The average Bonchev–Trinajstić information content (AvgIpc) is 2.32. The van der Waals surface area contributed by atoms with Crippen LogP contribution in [0.1, 0.15) is 5.56 Å². The maximum absolute atomic E-state index is 12.3. The van der Waals surface area contributed by atoms with Crippen molar-refractivity contribution in [2.24, 2.45) is 0 Å². The molecule has 1 aromatic carbocycles. The van der Waals surface area contributed by atoms with E-state index in [1.807, 2.05) is 19.1 Å². The molecule has 0 radical (unpaired) electrons. The summed E-state index contributed by atoms with van der Waals surface area (Å²) in [5.74, 6) is 1.09. The van der Waals surface area contributed by atoms with E-state index in [4.69, 9.17) is 39.0 Å². The number of hydrogen-bond acceptors (Lipinski definition) is 2. The largest absolute Gasteiger partial charge is 0.422 e. The van der Waals surface area contributed by atoms with Crippen molar-refractivity contribution in [2.45, 2.75) is 6.92 Å². The van der Waals surface area contributed by atoms with Gasteiger partial charge in [0.2, 0.25) is 0 Å². The van der Waals surface area contributed by atoms with E-state index in [0.29, 0.717) is 30.6 Å². The van der Waals surface area contributed by atoms with E-state index in [1.54, 1.807) is 12.1 Å². The second kappa shape index (κ2) is 7.62. The zero-order valence-corrected chi connectivity index (χ0v) is 13.1. The summed E-state index contributed by atoms with van der Waals surface area (Å²) in [4.78, 5) is 0. The summed E-state index contributed by atoms with van der Waals surface area (Å²) in [5, 5.41) is 0. The molecule has 0 aliphatic carbocycles. The standard InChI is InChI=1S/C11H15Cl3NO2P/c1-10-2-4-11(5-3-10)17-18(14,16)15(8-6-12)9-7-13/h2-5H,6-9H2,1H3. The zero-order chi connectivity index (χ0) is 13.6. The van der Waals surface area contributed by atoms with Gasteiger partial charge in [-0.3, -0.25) is 0 Å². The first-order chi connectivity index (χ1) is 8.49. The monoisotopic (exact) mass is 329 g/mol. The molecule has 0 saturated carbocycles. The lowest BCUT2D eigenvalue weighted by Crippen LogP contribution is -2.25. The van der Waals surface area contributed by atoms with Crippen molar-refractivity contribution in [1.29, 1.82) is 0 Å². The van der Waals surface area contributed by atoms with Crippen molar-refractivity contribution in [3.05, 3.63) is 29.8 Å². The fourth-order valence-corrected chi connectivity index (χ4v) is 3.84. The van der Waals surface area contributed by atoms with Crippen LogP contribution in [0.15, 0.2) is 24.3 Å². The molecule has 0 spiro atoms. The van der Waals surface area contributed by atoms with Gasteiger partial charge in [0.25, 0.3) is 0 Å². The Bertz CT molecular complexity index is 407.